The zero-order chi connectivity index (χ0) is 22.9. The number of ether oxygens (including phenoxy) is 3. The minimum Gasteiger partial charge on any atom is -0.494 e. The summed E-state index contributed by atoms with van der Waals surface area (Å²) in [7, 11) is 5.07. The van der Waals surface area contributed by atoms with Gasteiger partial charge in [-0.05, 0) is 53.8 Å². The average molecular weight is 477 g/mol. The predicted octanol–water partition coefficient (Wildman–Crippen LogP) is 5.67. The monoisotopic (exact) mass is 476 g/mol. The third-order valence-corrected chi connectivity index (χ3v) is 6.48. The van der Waals surface area contributed by atoms with Crippen LogP contribution in [0.3, 0.4) is 0 Å². The molecule has 2 aromatic rings. The van der Waals surface area contributed by atoms with Crippen LogP contribution in [0, 0.1) is 6.92 Å². The fourth-order valence-corrected chi connectivity index (χ4v) is 4.81. The Hall–Kier alpha value is -3.44. The Bertz CT molecular complexity index is 1360. The van der Waals surface area contributed by atoms with E-state index >= 15 is 0 Å². The Morgan fingerprint density at radius 2 is 1.53 bits per heavy atom. The van der Waals surface area contributed by atoms with Gasteiger partial charge in [-0.2, -0.15) is 0 Å². The van der Waals surface area contributed by atoms with Crippen molar-refractivity contribution in [2.45, 2.75) is 26.4 Å². The number of methoxy groups -OCH3 is 3. The molecule has 0 atom stereocenters. The normalized spacial score (nSPS) is 12.5. The number of hydrogen-bond acceptors (Lipinski definition) is 4. The van der Waals surface area contributed by atoms with Crippen LogP contribution in [0.15, 0.2) is 65.8 Å². The molecule has 2 heterocycles. The number of benzene rings is 3. The maximum absolute atomic E-state index is 5.70. The highest BCUT2D eigenvalue weighted by Gasteiger charge is 2.24. The molecule has 0 fully saturated rings. The van der Waals surface area contributed by atoms with Crippen LogP contribution in [0.4, 0.5) is 0 Å². The number of aromatic nitrogens is 1. The van der Waals surface area contributed by atoms with Crippen LogP contribution in [-0.4, -0.2) is 25.9 Å². The molecule has 0 N–H and O–H groups in total. The second-order valence-corrected chi connectivity index (χ2v) is 8.29. The van der Waals surface area contributed by atoms with E-state index in [1.165, 1.54) is 33.5 Å². The van der Waals surface area contributed by atoms with Crippen molar-refractivity contribution in [1.82, 2.24) is 4.57 Å². The van der Waals surface area contributed by atoms with Gasteiger partial charge in [-0.3, -0.25) is 4.99 Å². The molecule has 176 valence electrons. The summed E-state index contributed by atoms with van der Waals surface area (Å²) in [5, 5.41) is 0.898. The van der Waals surface area contributed by atoms with Crippen LogP contribution in [0.2, 0.25) is 0 Å². The van der Waals surface area contributed by atoms with Crippen molar-refractivity contribution in [3.63, 3.8) is 0 Å². The molecule has 2 aromatic carbocycles. The van der Waals surface area contributed by atoms with E-state index < -0.39 is 0 Å². The van der Waals surface area contributed by atoms with Crippen LogP contribution in [0.25, 0.3) is 22.4 Å². The number of pyridine rings is 1. The average Bonchev–Trinajstić information content (AvgIpc) is 2.86. The quantitative estimate of drug-likeness (QED) is 0.372. The first-order valence-electron chi connectivity index (χ1n) is 11.1. The first kappa shape index (κ1) is 23.7. The zero-order valence-corrected chi connectivity index (χ0v) is 20.7. The number of nitrogens with zero attached hydrogens (tertiary/aromatic N) is 2. The number of aryl methyl sites for hydroxylation is 2. The van der Waals surface area contributed by atoms with E-state index in [-0.39, 0.29) is 12.4 Å². The van der Waals surface area contributed by atoms with Crippen LogP contribution in [0.5, 0.6) is 17.2 Å². The Labute approximate surface area is 206 Å². The van der Waals surface area contributed by atoms with Gasteiger partial charge in [-0.15, -0.1) is 12.4 Å². The molecule has 0 saturated heterocycles. The second kappa shape index (κ2) is 9.82. The molecule has 0 bridgehead atoms. The lowest BCUT2D eigenvalue weighted by atomic mass is 9.89. The topological polar surface area (TPSA) is 45.0 Å². The molecule has 2 aliphatic heterocycles. The van der Waals surface area contributed by atoms with E-state index in [0.717, 1.165) is 41.1 Å². The molecule has 5 rings (SSSR count). The van der Waals surface area contributed by atoms with Gasteiger partial charge in [0.25, 0.3) is 0 Å². The maximum atomic E-state index is 5.70. The van der Waals surface area contributed by atoms with Gasteiger partial charge in [-0.1, -0.05) is 36.4 Å². The lowest BCUT2D eigenvalue weighted by Crippen LogP contribution is -2.20. The van der Waals surface area contributed by atoms with Crippen molar-refractivity contribution in [2.24, 2.45) is 4.99 Å². The van der Waals surface area contributed by atoms with Crippen molar-refractivity contribution in [2.75, 3.05) is 21.3 Å². The van der Waals surface area contributed by atoms with Gasteiger partial charge < -0.3 is 18.8 Å². The smallest absolute Gasteiger partial charge is 0.161 e. The number of rotatable bonds is 5. The van der Waals surface area contributed by atoms with Crippen molar-refractivity contribution in [3.8, 4) is 39.6 Å². The third kappa shape index (κ3) is 4.01. The summed E-state index contributed by atoms with van der Waals surface area (Å²) in [5.74, 6) is 2.31. The molecule has 3 aliphatic rings. The molecule has 5 nitrogen and oxygen atoms in total. The van der Waals surface area contributed by atoms with Crippen molar-refractivity contribution in [3.05, 3.63) is 82.8 Å². The molecular formula is C28H29ClN2O3. The lowest BCUT2D eigenvalue weighted by molar-refractivity contribution is 0.354. The molecule has 0 radical (unpaired) electrons. The van der Waals surface area contributed by atoms with Crippen molar-refractivity contribution in [1.29, 1.82) is 0 Å². The fraction of sp³-hybridized carbons (Fsp3) is 0.250. The van der Waals surface area contributed by atoms with Crippen molar-refractivity contribution < 1.29 is 14.2 Å². The van der Waals surface area contributed by atoms with Gasteiger partial charge >= 0.3 is 0 Å². The Morgan fingerprint density at radius 1 is 0.824 bits per heavy atom. The zero-order valence-electron chi connectivity index (χ0n) is 19.9. The Balaban J connectivity index is 0.00000274. The minimum absolute atomic E-state index is 0. The lowest BCUT2D eigenvalue weighted by Gasteiger charge is -2.28. The third-order valence-electron chi connectivity index (χ3n) is 6.48. The molecule has 34 heavy (non-hydrogen) atoms. The van der Waals surface area contributed by atoms with Crippen molar-refractivity contribution >= 4 is 12.4 Å². The number of fused-ring (bicyclic) bond motifs is 4. The number of halogens is 1. The van der Waals surface area contributed by atoms with E-state index in [9.17, 15) is 0 Å². The van der Waals surface area contributed by atoms with Crippen LogP contribution in [-0.2, 0) is 19.5 Å². The summed E-state index contributed by atoms with van der Waals surface area (Å²) in [4.78, 5) is 4.98. The summed E-state index contributed by atoms with van der Waals surface area (Å²) in [6.45, 7) is 3.69. The molecule has 0 spiro atoms. The highest BCUT2D eigenvalue weighted by atomic mass is 35.5. The summed E-state index contributed by atoms with van der Waals surface area (Å²) >= 11 is 0. The molecule has 6 heteroatoms. The Kier molecular flexibility index (Phi) is 6.85. The van der Waals surface area contributed by atoms with Gasteiger partial charge in [0.05, 0.1) is 33.6 Å². The first-order chi connectivity index (χ1) is 16.1. The Morgan fingerprint density at radius 3 is 2.24 bits per heavy atom. The van der Waals surface area contributed by atoms with E-state index in [4.69, 9.17) is 19.2 Å². The fourth-order valence-electron chi connectivity index (χ4n) is 4.81. The summed E-state index contributed by atoms with van der Waals surface area (Å²) in [5.41, 5.74) is 8.36. The highest BCUT2D eigenvalue weighted by Crippen LogP contribution is 2.42. The molecule has 0 unspecified atom stereocenters. The van der Waals surface area contributed by atoms with Gasteiger partial charge in [0.2, 0.25) is 0 Å². The second-order valence-electron chi connectivity index (χ2n) is 8.29. The number of hydrogen-bond donors (Lipinski definition) is 0. The summed E-state index contributed by atoms with van der Waals surface area (Å²) in [6.07, 6.45) is 3.16. The minimum atomic E-state index is 0. The molecule has 0 aromatic heterocycles. The van der Waals surface area contributed by atoms with E-state index in [1.807, 2.05) is 24.3 Å². The predicted molar refractivity (Wildman–Crippen MR) is 138 cm³/mol. The molecular weight excluding hydrogens is 448 g/mol. The van der Waals surface area contributed by atoms with Gasteiger partial charge in [0, 0.05) is 23.9 Å². The standard InChI is InChI=1S/C28H28N2O3.ClH/c1-18-21-10-11-24(31-2)27(29-16-19-8-6-5-7-9-19)23(21)17-30-13-12-20-14-25(32-3)26(33-4)15-22(20)28(18)30;/h5-11,14-15,17H,12-13,16H2,1-4H3;1H. The summed E-state index contributed by atoms with van der Waals surface area (Å²) in [6, 6.07) is 18.7. The SMILES string of the molecule is COc1cc2c(cc1OC)-c1c(C)c3ccc(OC)c(=NCc4ccccc4)c-3cn1CC2.Cl. The summed E-state index contributed by atoms with van der Waals surface area (Å²) < 4.78 is 19.2. The van der Waals surface area contributed by atoms with E-state index in [2.05, 4.69) is 48.0 Å². The first-order valence-corrected chi connectivity index (χ1v) is 11.1. The van der Waals surface area contributed by atoms with Crippen LogP contribution >= 0.6 is 12.4 Å². The molecule has 0 amide bonds. The van der Waals surface area contributed by atoms with Gasteiger partial charge in [0.1, 0.15) is 11.1 Å². The van der Waals surface area contributed by atoms with Gasteiger partial charge in [-0.25, -0.2) is 0 Å². The molecule has 1 aliphatic carbocycles. The maximum Gasteiger partial charge on any atom is 0.161 e. The van der Waals surface area contributed by atoms with Gasteiger partial charge in [0.15, 0.2) is 11.5 Å². The molecule has 0 saturated carbocycles. The van der Waals surface area contributed by atoms with Crippen LogP contribution in [0.1, 0.15) is 16.7 Å². The largest absolute Gasteiger partial charge is 0.494 e. The van der Waals surface area contributed by atoms with E-state index in [0.29, 0.717) is 6.54 Å². The highest BCUT2D eigenvalue weighted by molar-refractivity contribution is 5.85. The van der Waals surface area contributed by atoms with E-state index in [1.54, 1.807) is 21.3 Å². The van der Waals surface area contributed by atoms with Crippen LogP contribution < -0.4 is 19.6 Å².